The topological polar surface area (TPSA) is 75.3 Å². The molecule has 0 spiro atoms. The second-order valence-corrected chi connectivity index (χ2v) is 8.60. The minimum atomic E-state index is -3.63. The third-order valence-corrected chi connectivity index (χ3v) is 5.75. The Morgan fingerprint density at radius 3 is 2.57 bits per heavy atom. The summed E-state index contributed by atoms with van der Waals surface area (Å²) in [7, 11) is -3.63. The van der Waals surface area contributed by atoms with Crippen molar-refractivity contribution in [3.05, 3.63) is 50.7 Å². The largest absolute Gasteiger partial charge is 0.351 e. The lowest BCUT2D eigenvalue weighted by atomic mass is 10.2. The first-order valence-corrected chi connectivity index (χ1v) is 9.58. The lowest BCUT2D eigenvalue weighted by Crippen LogP contribution is -2.34. The van der Waals surface area contributed by atoms with Crippen LogP contribution in [0.15, 0.2) is 35.2 Å². The minimum absolute atomic E-state index is 0.0978. The highest BCUT2D eigenvalue weighted by molar-refractivity contribution is 7.89. The van der Waals surface area contributed by atoms with E-state index in [1.807, 2.05) is 19.9 Å². The molecule has 124 valence electrons. The molecule has 1 amide bonds. The van der Waals surface area contributed by atoms with Crippen molar-refractivity contribution in [2.75, 3.05) is 13.1 Å². The summed E-state index contributed by atoms with van der Waals surface area (Å²) in [5, 5.41) is 3.05. The van der Waals surface area contributed by atoms with Gasteiger partial charge in [0.25, 0.3) is 5.91 Å². The van der Waals surface area contributed by atoms with Gasteiger partial charge in [-0.3, -0.25) is 4.79 Å². The molecule has 8 heteroatoms. The van der Waals surface area contributed by atoms with E-state index in [9.17, 15) is 13.2 Å². The van der Waals surface area contributed by atoms with Gasteiger partial charge in [0, 0.05) is 27.9 Å². The predicted molar refractivity (Wildman–Crippen MR) is 92.8 cm³/mol. The van der Waals surface area contributed by atoms with Gasteiger partial charge in [0.15, 0.2) is 0 Å². The van der Waals surface area contributed by atoms with Crippen LogP contribution in [-0.4, -0.2) is 27.4 Å². The molecule has 2 N–H and O–H groups in total. The van der Waals surface area contributed by atoms with Crippen LogP contribution in [0.5, 0.6) is 0 Å². The molecule has 0 aliphatic rings. The molecule has 23 heavy (non-hydrogen) atoms. The SMILES string of the molecule is Cc1cc(C(=O)NCCNS(=O)(=O)c2cccc(Cl)c2)c(C)s1. The summed E-state index contributed by atoms with van der Waals surface area (Å²) in [5.74, 6) is -0.200. The molecule has 2 aromatic rings. The maximum absolute atomic E-state index is 12.1. The summed E-state index contributed by atoms with van der Waals surface area (Å²) in [5.41, 5.74) is 0.630. The molecule has 0 radical (unpaired) electrons. The highest BCUT2D eigenvalue weighted by Crippen LogP contribution is 2.20. The Morgan fingerprint density at radius 2 is 1.96 bits per heavy atom. The van der Waals surface area contributed by atoms with Gasteiger partial charge in [0.2, 0.25) is 10.0 Å². The number of carbonyl (C=O) groups is 1. The van der Waals surface area contributed by atoms with Crippen LogP contribution in [0.25, 0.3) is 0 Å². The van der Waals surface area contributed by atoms with Crippen LogP contribution in [0, 0.1) is 13.8 Å². The van der Waals surface area contributed by atoms with Crippen LogP contribution in [0.1, 0.15) is 20.1 Å². The quantitative estimate of drug-likeness (QED) is 0.765. The van der Waals surface area contributed by atoms with E-state index in [4.69, 9.17) is 11.6 Å². The fraction of sp³-hybridized carbons (Fsp3) is 0.267. The van der Waals surface area contributed by atoms with E-state index in [1.165, 1.54) is 12.1 Å². The summed E-state index contributed by atoms with van der Waals surface area (Å²) in [4.78, 5) is 14.1. The first-order valence-electron chi connectivity index (χ1n) is 6.90. The zero-order chi connectivity index (χ0) is 17.0. The smallest absolute Gasteiger partial charge is 0.252 e. The van der Waals surface area contributed by atoms with Gasteiger partial charge in [0.05, 0.1) is 10.5 Å². The molecule has 1 aromatic heterocycles. The molecule has 0 atom stereocenters. The van der Waals surface area contributed by atoms with E-state index in [1.54, 1.807) is 23.5 Å². The number of rotatable bonds is 6. The van der Waals surface area contributed by atoms with Crippen LogP contribution in [0.3, 0.4) is 0 Å². The van der Waals surface area contributed by atoms with E-state index in [2.05, 4.69) is 10.0 Å². The summed E-state index contributed by atoms with van der Waals surface area (Å²) < 4.78 is 26.6. The molecule has 1 aromatic carbocycles. The van der Waals surface area contributed by atoms with Gasteiger partial charge in [-0.25, -0.2) is 13.1 Å². The number of nitrogens with one attached hydrogen (secondary N) is 2. The fourth-order valence-electron chi connectivity index (χ4n) is 2.03. The maximum Gasteiger partial charge on any atom is 0.252 e. The van der Waals surface area contributed by atoms with Crippen molar-refractivity contribution in [3.8, 4) is 0 Å². The van der Waals surface area contributed by atoms with Crippen molar-refractivity contribution in [2.24, 2.45) is 0 Å². The molecular weight excluding hydrogens is 356 g/mol. The monoisotopic (exact) mass is 372 g/mol. The number of amides is 1. The number of halogens is 1. The highest BCUT2D eigenvalue weighted by Gasteiger charge is 2.15. The van der Waals surface area contributed by atoms with Gasteiger partial charge in [-0.2, -0.15) is 0 Å². The molecule has 5 nitrogen and oxygen atoms in total. The second kappa shape index (κ2) is 7.44. The van der Waals surface area contributed by atoms with Crippen LogP contribution in [-0.2, 0) is 10.0 Å². The van der Waals surface area contributed by atoms with Crippen LogP contribution < -0.4 is 10.0 Å². The molecule has 0 saturated carbocycles. The molecule has 0 saturated heterocycles. The average Bonchev–Trinajstić information content (AvgIpc) is 2.82. The summed E-state index contributed by atoms with van der Waals surface area (Å²) in [6.45, 7) is 4.12. The lowest BCUT2D eigenvalue weighted by Gasteiger charge is -2.08. The molecule has 2 rings (SSSR count). The Morgan fingerprint density at radius 1 is 1.22 bits per heavy atom. The van der Waals surface area contributed by atoms with Crippen molar-refractivity contribution in [1.29, 1.82) is 0 Å². The number of hydrogen-bond acceptors (Lipinski definition) is 4. The van der Waals surface area contributed by atoms with Crippen molar-refractivity contribution < 1.29 is 13.2 Å². The lowest BCUT2D eigenvalue weighted by molar-refractivity contribution is 0.0954. The Hall–Kier alpha value is -1.41. The van der Waals surface area contributed by atoms with Gasteiger partial charge in [-0.15, -0.1) is 11.3 Å². The van der Waals surface area contributed by atoms with E-state index < -0.39 is 10.0 Å². The Balaban J connectivity index is 1.88. The van der Waals surface area contributed by atoms with Crippen molar-refractivity contribution in [1.82, 2.24) is 10.0 Å². The Bertz CT molecular complexity index is 816. The number of carbonyl (C=O) groups excluding carboxylic acids is 1. The van der Waals surface area contributed by atoms with Crippen molar-refractivity contribution in [3.63, 3.8) is 0 Å². The summed E-state index contributed by atoms with van der Waals surface area (Å²) in [6, 6.07) is 7.84. The molecular formula is C15H17ClN2O3S2. The van der Waals surface area contributed by atoms with E-state index in [0.717, 1.165) is 9.75 Å². The van der Waals surface area contributed by atoms with Gasteiger partial charge >= 0.3 is 0 Å². The standard InChI is InChI=1S/C15H17ClN2O3S2/c1-10-8-14(11(2)22-10)15(19)17-6-7-18-23(20,21)13-5-3-4-12(16)9-13/h3-5,8-9,18H,6-7H2,1-2H3,(H,17,19). The molecule has 0 aliphatic carbocycles. The van der Waals surface area contributed by atoms with E-state index in [-0.39, 0.29) is 23.9 Å². The number of hydrogen-bond donors (Lipinski definition) is 2. The minimum Gasteiger partial charge on any atom is -0.351 e. The number of thiophene rings is 1. The summed E-state index contributed by atoms with van der Waals surface area (Å²) in [6.07, 6.45) is 0. The molecule has 0 unspecified atom stereocenters. The fourth-order valence-corrected chi connectivity index (χ4v) is 4.28. The van der Waals surface area contributed by atoms with Crippen LogP contribution in [0.4, 0.5) is 0 Å². The molecule has 0 bridgehead atoms. The number of sulfonamides is 1. The normalized spacial score (nSPS) is 11.4. The first-order chi connectivity index (χ1) is 10.8. The zero-order valence-corrected chi connectivity index (χ0v) is 15.1. The van der Waals surface area contributed by atoms with Crippen LogP contribution in [0.2, 0.25) is 5.02 Å². The van der Waals surface area contributed by atoms with E-state index >= 15 is 0 Å². The highest BCUT2D eigenvalue weighted by atomic mass is 35.5. The first kappa shape index (κ1) is 17.9. The van der Waals surface area contributed by atoms with Gasteiger partial charge < -0.3 is 5.32 Å². The van der Waals surface area contributed by atoms with Crippen molar-refractivity contribution >= 4 is 38.9 Å². The van der Waals surface area contributed by atoms with Crippen LogP contribution >= 0.6 is 22.9 Å². The maximum atomic E-state index is 12.1. The predicted octanol–water partition coefficient (Wildman–Crippen LogP) is 2.73. The number of aryl methyl sites for hydroxylation is 2. The van der Waals surface area contributed by atoms with Gasteiger partial charge in [0.1, 0.15) is 0 Å². The molecule has 1 heterocycles. The Labute approximate surface area is 144 Å². The van der Waals surface area contributed by atoms with Gasteiger partial charge in [-0.1, -0.05) is 17.7 Å². The van der Waals surface area contributed by atoms with E-state index in [0.29, 0.717) is 10.6 Å². The summed E-state index contributed by atoms with van der Waals surface area (Å²) >= 11 is 7.34. The average molecular weight is 373 g/mol. The van der Waals surface area contributed by atoms with Gasteiger partial charge in [-0.05, 0) is 38.1 Å². The Kier molecular flexibility index (Phi) is 5.80. The molecule has 0 fully saturated rings. The third-order valence-electron chi connectivity index (χ3n) is 3.09. The van der Waals surface area contributed by atoms with Crippen molar-refractivity contribution in [2.45, 2.75) is 18.7 Å². The number of benzene rings is 1. The molecule has 0 aliphatic heterocycles. The zero-order valence-electron chi connectivity index (χ0n) is 12.7. The third kappa shape index (κ3) is 4.78. The second-order valence-electron chi connectivity index (χ2n) is 4.94.